The van der Waals surface area contributed by atoms with E-state index in [1.165, 1.54) is 6.92 Å². The molecule has 1 atom stereocenters. The number of carboxylic acids is 1. The van der Waals surface area contributed by atoms with Crippen LogP contribution in [0.1, 0.15) is 32.5 Å². The molecule has 5 nitrogen and oxygen atoms in total. The molecule has 0 aliphatic heterocycles. The van der Waals surface area contributed by atoms with Gasteiger partial charge in [-0.3, -0.25) is 4.68 Å². The molecule has 1 heterocycles. The minimum absolute atomic E-state index is 0.229. The Hall–Kier alpha value is -1.36. The largest absolute Gasteiger partial charge is 0.479 e. The molecule has 5 heteroatoms. The Morgan fingerprint density at radius 2 is 2.27 bits per heavy atom. The monoisotopic (exact) mass is 212 g/mol. The van der Waals surface area contributed by atoms with E-state index >= 15 is 0 Å². The predicted molar refractivity (Wildman–Crippen MR) is 54.5 cm³/mol. The molecular formula is C10H16N2O3. The highest BCUT2D eigenvalue weighted by molar-refractivity contribution is 5.71. The van der Waals surface area contributed by atoms with Crippen LogP contribution >= 0.6 is 0 Å². The number of ether oxygens (including phenoxy) is 1. The standard InChI is InChI=1S/C10H16N2O3/c1-7(2)12-5-4-9(11-12)6-15-8(3)10(13)14/h4-5,7-8H,6H2,1-3H3,(H,13,14). The van der Waals surface area contributed by atoms with E-state index in [1.54, 1.807) is 0 Å². The van der Waals surface area contributed by atoms with Gasteiger partial charge in [0.2, 0.25) is 0 Å². The lowest BCUT2D eigenvalue weighted by molar-refractivity contribution is -0.149. The van der Waals surface area contributed by atoms with Crippen molar-refractivity contribution in [2.24, 2.45) is 0 Å². The highest BCUT2D eigenvalue weighted by atomic mass is 16.5. The average molecular weight is 212 g/mol. The van der Waals surface area contributed by atoms with Gasteiger partial charge in [-0.15, -0.1) is 0 Å². The molecule has 0 bridgehead atoms. The summed E-state index contributed by atoms with van der Waals surface area (Å²) in [5.41, 5.74) is 0.747. The minimum Gasteiger partial charge on any atom is -0.479 e. The van der Waals surface area contributed by atoms with Crippen LogP contribution in [0.15, 0.2) is 12.3 Å². The summed E-state index contributed by atoms with van der Waals surface area (Å²) in [5.74, 6) is -0.960. The zero-order chi connectivity index (χ0) is 11.4. The lowest BCUT2D eigenvalue weighted by Gasteiger charge is -2.07. The highest BCUT2D eigenvalue weighted by Gasteiger charge is 2.11. The summed E-state index contributed by atoms with van der Waals surface area (Å²) in [6.45, 7) is 5.78. The molecule has 15 heavy (non-hydrogen) atoms. The zero-order valence-corrected chi connectivity index (χ0v) is 9.17. The molecule has 0 aliphatic rings. The van der Waals surface area contributed by atoms with E-state index in [-0.39, 0.29) is 6.61 Å². The Kier molecular flexibility index (Phi) is 3.85. The smallest absolute Gasteiger partial charge is 0.332 e. The summed E-state index contributed by atoms with van der Waals surface area (Å²) in [6, 6.07) is 2.13. The third-order valence-corrected chi connectivity index (χ3v) is 2.02. The van der Waals surface area contributed by atoms with Crippen LogP contribution in [0.3, 0.4) is 0 Å². The van der Waals surface area contributed by atoms with E-state index < -0.39 is 12.1 Å². The van der Waals surface area contributed by atoms with Crippen LogP contribution in [0.5, 0.6) is 0 Å². The number of nitrogens with zero attached hydrogens (tertiary/aromatic N) is 2. The number of hydrogen-bond donors (Lipinski definition) is 1. The molecule has 1 aromatic heterocycles. The van der Waals surface area contributed by atoms with Gasteiger partial charge < -0.3 is 9.84 Å². The molecule has 0 spiro atoms. The molecule has 0 saturated carbocycles. The fraction of sp³-hybridized carbons (Fsp3) is 0.600. The van der Waals surface area contributed by atoms with Crippen molar-refractivity contribution in [1.82, 2.24) is 9.78 Å². The lowest BCUT2D eigenvalue weighted by Crippen LogP contribution is -2.19. The second kappa shape index (κ2) is 4.93. The Morgan fingerprint density at radius 3 is 2.73 bits per heavy atom. The summed E-state index contributed by atoms with van der Waals surface area (Å²) < 4.78 is 6.92. The molecule has 84 valence electrons. The van der Waals surface area contributed by atoms with Crippen LogP contribution in [-0.2, 0) is 16.1 Å². The summed E-state index contributed by atoms with van der Waals surface area (Å²) in [5, 5.41) is 12.8. The molecule has 0 amide bonds. The third-order valence-electron chi connectivity index (χ3n) is 2.02. The number of rotatable bonds is 5. The molecule has 0 saturated heterocycles. The second-order valence-electron chi connectivity index (χ2n) is 3.67. The number of aromatic nitrogens is 2. The molecule has 0 fully saturated rings. The van der Waals surface area contributed by atoms with Crippen molar-refractivity contribution < 1.29 is 14.6 Å². The van der Waals surface area contributed by atoms with Crippen molar-refractivity contribution in [1.29, 1.82) is 0 Å². The maximum Gasteiger partial charge on any atom is 0.332 e. The first-order valence-electron chi connectivity index (χ1n) is 4.89. The first-order chi connectivity index (χ1) is 7.00. The van der Waals surface area contributed by atoms with E-state index in [0.717, 1.165) is 5.69 Å². The molecular weight excluding hydrogens is 196 g/mol. The van der Waals surface area contributed by atoms with Crippen LogP contribution in [-0.4, -0.2) is 27.0 Å². The Morgan fingerprint density at radius 1 is 1.60 bits per heavy atom. The van der Waals surface area contributed by atoms with Crippen molar-refractivity contribution in [3.63, 3.8) is 0 Å². The maximum absolute atomic E-state index is 10.5. The summed E-state index contributed by atoms with van der Waals surface area (Å²) in [4.78, 5) is 10.5. The fourth-order valence-corrected chi connectivity index (χ4v) is 1.02. The van der Waals surface area contributed by atoms with Crippen molar-refractivity contribution in [3.8, 4) is 0 Å². The lowest BCUT2D eigenvalue weighted by atomic mass is 10.4. The van der Waals surface area contributed by atoms with Gasteiger partial charge in [-0.25, -0.2) is 4.79 Å². The Labute approximate surface area is 88.7 Å². The number of carbonyl (C=O) groups is 1. The van der Waals surface area contributed by atoms with Crippen molar-refractivity contribution in [2.75, 3.05) is 0 Å². The summed E-state index contributed by atoms with van der Waals surface area (Å²) in [7, 11) is 0. The van der Waals surface area contributed by atoms with Gasteiger partial charge in [0.25, 0.3) is 0 Å². The molecule has 1 rings (SSSR count). The van der Waals surface area contributed by atoms with Gasteiger partial charge in [0.05, 0.1) is 12.3 Å². The van der Waals surface area contributed by atoms with Crippen LogP contribution in [0.2, 0.25) is 0 Å². The Bertz CT molecular complexity index is 333. The van der Waals surface area contributed by atoms with E-state index in [0.29, 0.717) is 6.04 Å². The first kappa shape index (κ1) is 11.7. The van der Waals surface area contributed by atoms with E-state index in [4.69, 9.17) is 9.84 Å². The molecule has 1 N–H and O–H groups in total. The fourth-order valence-electron chi connectivity index (χ4n) is 1.02. The SMILES string of the molecule is CC(OCc1ccn(C(C)C)n1)C(=O)O. The second-order valence-corrected chi connectivity index (χ2v) is 3.67. The van der Waals surface area contributed by atoms with E-state index in [1.807, 2.05) is 30.8 Å². The molecule has 0 radical (unpaired) electrons. The van der Waals surface area contributed by atoms with Crippen LogP contribution in [0.4, 0.5) is 0 Å². The predicted octanol–water partition coefficient (Wildman–Crippen LogP) is 1.45. The van der Waals surface area contributed by atoms with Gasteiger partial charge in [-0.2, -0.15) is 5.10 Å². The van der Waals surface area contributed by atoms with Crippen LogP contribution in [0.25, 0.3) is 0 Å². The Balaban J connectivity index is 2.47. The molecule has 0 aromatic carbocycles. The van der Waals surface area contributed by atoms with Gasteiger partial charge in [0.15, 0.2) is 6.10 Å². The number of hydrogen-bond acceptors (Lipinski definition) is 3. The third kappa shape index (κ3) is 3.36. The van der Waals surface area contributed by atoms with Crippen molar-refractivity contribution >= 4 is 5.97 Å². The first-order valence-corrected chi connectivity index (χ1v) is 4.89. The zero-order valence-electron chi connectivity index (χ0n) is 9.17. The van der Waals surface area contributed by atoms with Gasteiger partial charge >= 0.3 is 5.97 Å². The minimum atomic E-state index is -0.960. The van der Waals surface area contributed by atoms with Gasteiger partial charge in [0, 0.05) is 12.2 Å². The molecule has 0 aliphatic carbocycles. The molecule has 1 aromatic rings. The van der Waals surface area contributed by atoms with Crippen molar-refractivity contribution in [3.05, 3.63) is 18.0 Å². The number of carboxylic acid groups (broad SMARTS) is 1. The molecule has 1 unspecified atom stereocenters. The van der Waals surface area contributed by atoms with Gasteiger partial charge in [0.1, 0.15) is 0 Å². The number of aliphatic carboxylic acids is 1. The normalized spacial score (nSPS) is 13.1. The van der Waals surface area contributed by atoms with E-state index in [9.17, 15) is 4.79 Å². The summed E-state index contributed by atoms with van der Waals surface area (Å²) in [6.07, 6.45) is 1.06. The maximum atomic E-state index is 10.5. The summed E-state index contributed by atoms with van der Waals surface area (Å²) >= 11 is 0. The average Bonchev–Trinajstić information content (AvgIpc) is 2.62. The van der Waals surface area contributed by atoms with Crippen molar-refractivity contribution in [2.45, 2.75) is 39.5 Å². The van der Waals surface area contributed by atoms with Crippen LogP contribution in [0, 0.1) is 0 Å². The van der Waals surface area contributed by atoms with Crippen LogP contribution < -0.4 is 0 Å². The van der Waals surface area contributed by atoms with Gasteiger partial charge in [-0.1, -0.05) is 0 Å². The van der Waals surface area contributed by atoms with Gasteiger partial charge in [-0.05, 0) is 26.8 Å². The highest BCUT2D eigenvalue weighted by Crippen LogP contribution is 2.06. The van der Waals surface area contributed by atoms with E-state index in [2.05, 4.69) is 5.10 Å². The quantitative estimate of drug-likeness (QED) is 0.802. The topological polar surface area (TPSA) is 64.4 Å².